The summed E-state index contributed by atoms with van der Waals surface area (Å²) in [5, 5.41) is 0. The Hall–Kier alpha value is -0.0600. The molecule has 0 saturated carbocycles. The Kier molecular flexibility index (Phi) is 4.65. The normalized spacial score (nSPS) is 10.2. The van der Waals surface area contributed by atoms with Crippen LogP contribution >= 0.6 is 27.7 Å². The Labute approximate surface area is 85.1 Å². The lowest BCUT2D eigenvalue weighted by Gasteiger charge is -1.98. The van der Waals surface area contributed by atoms with Gasteiger partial charge in [-0.1, -0.05) is 0 Å². The molecule has 0 bridgehead atoms. The van der Waals surface area contributed by atoms with E-state index in [0.29, 0.717) is 0 Å². The molecule has 0 radical (unpaired) electrons. The highest BCUT2D eigenvalue weighted by atomic mass is 79.9. The molecule has 0 fully saturated rings. The van der Waals surface area contributed by atoms with Gasteiger partial charge in [0.05, 0.1) is 5.69 Å². The molecule has 0 unspecified atom stereocenters. The smallest absolute Gasteiger partial charge is 0.0503 e. The van der Waals surface area contributed by atoms with Gasteiger partial charge in [-0.2, -0.15) is 11.8 Å². The van der Waals surface area contributed by atoms with E-state index in [2.05, 4.69) is 20.9 Å². The molecule has 0 saturated heterocycles. The van der Waals surface area contributed by atoms with Crippen LogP contribution in [0.15, 0.2) is 22.8 Å². The monoisotopic (exact) mass is 246 g/mol. The van der Waals surface area contributed by atoms with Crippen molar-refractivity contribution >= 4 is 27.7 Å². The number of rotatable bonds is 4. The number of aromatic nitrogens is 1. The van der Waals surface area contributed by atoms with Gasteiger partial charge in [-0.15, -0.1) is 0 Å². The quantitative estimate of drug-likeness (QED) is 0.827. The maximum atomic E-state index is 5.37. The molecule has 2 nitrogen and oxygen atoms in total. The molecular weight excluding hydrogens is 236 g/mol. The summed E-state index contributed by atoms with van der Waals surface area (Å²) in [5.74, 6) is 1.95. The third-order valence-electron chi connectivity index (χ3n) is 1.30. The first-order chi connectivity index (χ1) is 5.83. The Bertz CT molecular complexity index is 225. The fraction of sp³-hybridized carbons (Fsp3) is 0.375. The minimum Gasteiger partial charge on any atom is -0.330 e. The van der Waals surface area contributed by atoms with Crippen molar-refractivity contribution in [2.75, 3.05) is 12.3 Å². The predicted molar refractivity (Wildman–Crippen MR) is 57.2 cm³/mol. The van der Waals surface area contributed by atoms with Crippen LogP contribution in [0.1, 0.15) is 5.69 Å². The van der Waals surface area contributed by atoms with E-state index in [-0.39, 0.29) is 0 Å². The summed E-state index contributed by atoms with van der Waals surface area (Å²) in [6.45, 7) is 0.737. The van der Waals surface area contributed by atoms with E-state index in [0.717, 1.165) is 28.2 Å². The molecule has 0 aliphatic carbocycles. The van der Waals surface area contributed by atoms with Crippen LogP contribution in [0, 0.1) is 0 Å². The molecule has 1 rings (SSSR count). The summed E-state index contributed by atoms with van der Waals surface area (Å²) in [6, 6.07) is 4.03. The molecule has 12 heavy (non-hydrogen) atoms. The van der Waals surface area contributed by atoms with Crippen LogP contribution in [0.25, 0.3) is 0 Å². The molecule has 2 N–H and O–H groups in total. The number of nitrogens with zero attached hydrogens (tertiary/aromatic N) is 1. The zero-order valence-corrected chi connectivity index (χ0v) is 9.07. The minimum atomic E-state index is 0.737. The van der Waals surface area contributed by atoms with Crippen LogP contribution in [-0.4, -0.2) is 17.3 Å². The highest BCUT2D eigenvalue weighted by Gasteiger charge is 1.93. The van der Waals surface area contributed by atoms with Crippen LogP contribution < -0.4 is 5.73 Å². The molecular formula is C8H11BrN2S. The standard InChI is InChI=1S/C8H11BrN2S/c9-7-1-2-8(11-5-7)6-12-4-3-10/h1-2,5H,3-4,6,10H2. The number of halogens is 1. The van der Waals surface area contributed by atoms with Crippen molar-refractivity contribution in [1.29, 1.82) is 0 Å². The molecule has 1 aromatic rings. The van der Waals surface area contributed by atoms with Gasteiger partial charge in [0.25, 0.3) is 0 Å². The molecule has 66 valence electrons. The SMILES string of the molecule is NCCSCc1ccc(Br)cn1. The first-order valence-corrected chi connectivity index (χ1v) is 5.66. The summed E-state index contributed by atoms with van der Waals surface area (Å²) in [5.41, 5.74) is 6.48. The minimum absolute atomic E-state index is 0.737. The van der Waals surface area contributed by atoms with Gasteiger partial charge in [-0.3, -0.25) is 4.98 Å². The lowest BCUT2D eigenvalue weighted by molar-refractivity contribution is 1.13. The predicted octanol–water partition coefficient (Wildman–Crippen LogP) is 2.04. The molecule has 0 aliphatic rings. The van der Waals surface area contributed by atoms with E-state index < -0.39 is 0 Å². The van der Waals surface area contributed by atoms with Gasteiger partial charge in [0.1, 0.15) is 0 Å². The molecule has 0 atom stereocenters. The van der Waals surface area contributed by atoms with E-state index >= 15 is 0 Å². The van der Waals surface area contributed by atoms with Gasteiger partial charge < -0.3 is 5.73 Å². The first kappa shape index (κ1) is 10.0. The second kappa shape index (κ2) is 5.56. The molecule has 0 amide bonds. The van der Waals surface area contributed by atoms with E-state index in [4.69, 9.17) is 5.73 Å². The van der Waals surface area contributed by atoms with Crippen molar-refractivity contribution in [2.45, 2.75) is 5.75 Å². The van der Waals surface area contributed by atoms with E-state index in [9.17, 15) is 0 Å². The van der Waals surface area contributed by atoms with E-state index in [1.165, 1.54) is 0 Å². The highest BCUT2D eigenvalue weighted by Crippen LogP contribution is 2.12. The number of thioether (sulfide) groups is 1. The van der Waals surface area contributed by atoms with Crippen molar-refractivity contribution < 1.29 is 0 Å². The van der Waals surface area contributed by atoms with Crippen molar-refractivity contribution in [3.63, 3.8) is 0 Å². The Morgan fingerprint density at radius 2 is 2.33 bits per heavy atom. The summed E-state index contributed by atoms with van der Waals surface area (Å²) in [4.78, 5) is 4.24. The molecule has 0 aliphatic heterocycles. The zero-order valence-electron chi connectivity index (χ0n) is 6.66. The van der Waals surface area contributed by atoms with Crippen molar-refractivity contribution in [3.8, 4) is 0 Å². The molecule has 1 heterocycles. The average molecular weight is 247 g/mol. The average Bonchev–Trinajstić information content (AvgIpc) is 2.09. The number of hydrogen-bond donors (Lipinski definition) is 1. The lowest BCUT2D eigenvalue weighted by atomic mass is 10.4. The van der Waals surface area contributed by atoms with Crippen molar-refractivity contribution in [2.24, 2.45) is 5.73 Å². The molecule has 1 aromatic heterocycles. The van der Waals surface area contributed by atoms with Crippen molar-refractivity contribution in [3.05, 3.63) is 28.5 Å². The lowest BCUT2D eigenvalue weighted by Crippen LogP contribution is -2.01. The van der Waals surface area contributed by atoms with Crippen LogP contribution in [0.4, 0.5) is 0 Å². The van der Waals surface area contributed by atoms with Gasteiger partial charge in [-0.25, -0.2) is 0 Å². The molecule has 4 heteroatoms. The van der Waals surface area contributed by atoms with Crippen LogP contribution in [-0.2, 0) is 5.75 Å². The third kappa shape index (κ3) is 3.56. The number of pyridine rings is 1. The van der Waals surface area contributed by atoms with Gasteiger partial charge in [0.2, 0.25) is 0 Å². The molecule has 0 spiro atoms. The Balaban J connectivity index is 2.37. The second-order valence-corrected chi connectivity index (χ2v) is 4.33. The van der Waals surface area contributed by atoms with Gasteiger partial charge in [0, 0.05) is 28.7 Å². The second-order valence-electron chi connectivity index (χ2n) is 2.31. The van der Waals surface area contributed by atoms with Crippen LogP contribution in [0.2, 0.25) is 0 Å². The third-order valence-corrected chi connectivity index (χ3v) is 2.79. The van der Waals surface area contributed by atoms with Crippen LogP contribution in [0.3, 0.4) is 0 Å². The fourth-order valence-electron chi connectivity index (χ4n) is 0.752. The zero-order chi connectivity index (χ0) is 8.81. The number of nitrogens with two attached hydrogens (primary N) is 1. The maximum Gasteiger partial charge on any atom is 0.0503 e. The van der Waals surface area contributed by atoms with Gasteiger partial charge >= 0.3 is 0 Å². The largest absolute Gasteiger partial charge is 0.330 e. The topological polar surface area (TPSA) is 38.9 Å². The summed E-state index contributed by atoms with van der Waals surface area (Å²) in [6.07, 6.45) is 1.82. The van der Waals surface area contributed by atoms with Crippen LogP contribution in [0.5, 0.6) is 0 Å². The summed E-state index contributed by atoms with van der Waals surface area (Å²) < 4.78 is 1.02. The Morgan fingerprint density at radius 1 is 1.50 bits per heavy atom. The molecule has 0 aromatic carbocycles. The summed E-state index contributed by atoms with van der Waals surface area (Å²) >= 11 is 5.15. The fourth-order valence-corrected chi connectivity index (χ4v) is 1.68. The van der Waals surface area contributed by atoms with Gasteiger partial charge in [-0.05, 0) is 28.1 Å². The van der Waals surface area contributed by atoms with E-state index in [1.807, 2.05) is 30.1 Å². The first-order valence-electron chi connectivity index (χ1n) is 3.71. The Morgan fingerprint density at radius 3 is 2.92 bits per heavy atom. The van der Waals surface area contributed by atoms with Crippen molar-refractivity contribution in [1.82, 2.24) is 4.98 Å². The number of hydrogen-bond acceptors (Lipinski definition) is 3. The maximum absolute atomic E-state index is 5.37. The summed E-state index contributed by atoms with van der Waals surface area (Å²) in [7, 11) is 0. The van der Waals surface area contributed by atoms with Gasteiger partial charge in [0.15, 0.2) is 0 Å². The highest BCUT2D eigenvalue weighted by molar-refractivity contribution is 9.10. The van der Waals surface area contributed by atoms with E-state index in [1.54, 1.807) is 0 Å².